The van der Waals surface area contributed by atoms with E-state index in [2.05, 4.69) is 40.4 Å². The van der Waals surface area contributed by atoms with Crippen molar-refractivity contribution < 1.29 is 4.74 Å². The molecular weight excluding hydrogens is 238 g/mol. The van der Waals surface area contributed by atoms with Gasteiger partial charge in [-0.25, -0.2) is 0 Å². The minimum Gasteiger partial charge on any atom is -0.496 e. The molecule has 2 heterocycles. The lowest BCUT2D eigenvalue weighted by molar-refractivity contribution is 0.216. The van der Waals surface area contributed by atoms with E-state index in [4.69, 9.17) is 4.74 Å². The third kappa shape index (κ3) is 2.44. The summed E-state index contributed by atoms with van der Waals surface area (Å²) in [6, 6.07) is 6.29. The zero-order valence-electron chi connectivity index (χ0n) is 11.0. The molecule has 0 radical (unpaired) electrons. The summed E-state index contributed by atoms with van der Waals surface area (Å²) >= 11 is 0. The highest BCUT2D eigenvalue weighted by Crippen LogP contribution is 2.27. The first-order valence-corrected chi connectivity index (χ1v) is 6.65. The first-order valence-electron chi connectivity index (χ1n) is 6.65. The Balaban J connectivity index is 1.99. The van der Waals surface area contributed by atoms with Gasteiger partial charge >= 0.3 is 0 Å². The normalized spacial score (nSPS) is 16.2. The average molecular weight is 255 g/mol. The molecule has 19 heavy (non-hydrogen) atoms. The second-order valence-electron chi connectivity index (χ2n) is 4.54. The highest BCUT2D eigenvalue weighted by Gasteiger charge is 2.20. The fourth-order valence-corrected chi connectivity index (χ4v) is 2.38. The van der Waals surface area contributed by atoms with Crippen molar-refractivity contribution in [3.05, 3.63) is 48.0 Å². The van der Waals surface area contributed by atoms with Crippen molar-refractivity contribution in [3.8, 4) is 0 Å². The van der Waals surface area contributed by atoms with Crippen molar-refractivity contribution in [2.45, 2.75) is 19.4 Å². The van der Waals surface area contributed by atoms with Gasteiger partial charge in [-0.1, -0.05) is 13.0 Å². The molecule has 4 heteroatoms. The second kappa shape index (κ2) is 5.36. The highest BCUT2D eigenvalue weighted by molar-refractivity contribution is 5.74. The molecule has 0 spiro atoms. The van der Waals surface area contributed by atoms with Gasteiger partial charge in [-0.2, -0.15) is 0 Å². The Bertz CT molecular complexity index is 609. The van der Waals surface area contributed by atoms with E-state index in [1.807, 2.05) is 6.07 Å². The number of aromatic nitrogens is 2. The smallest absolute Gasteiger partial charge is 0.114 e. The molecule has 1 aromatic heterocycles. The molecule has 1 aliphatic heterocycles. The van der Waals surface area contributed by atoms with Crippen LogP contribution in [0.15, 0.2) is 42.4 Å². The zero-order chi connectivity index (χ0) is 13.1. The average Bonchev–Trinajstić information content (AvgIpc) is 2.98. The molecule has 0 amide bonds. The fraction of sp³-hybridized carbons (Fsp3) is 0.333. The van der Waals surface area contributed by atoms with E-state index in [1.165, 1.54) is 5.56 Å². The molecule has 0 saturated heterocycles. The van der Waals surface area contributed by atoms with Gasteiger partial charge in [-0.05, 0) is 30.3 Å². The standard InChI is InChI=1S/C15H17N3O/c1-2-16-15(14-4-3-9-19-14)11-5-6-12-13(10-11)18-8-7-17-12/h4-8,10,15-16H,2-3,9H2,1H3. The van der Waals surface area contributed by atoms with Crippen LogP contribution in [0.4, 0.5) is 0 Å². The second-order valence-corrected chi connectivity index (χ2v) is 4.54. The summed E-state index contributed by atoms with van der Waals surface area (Å²) in [5.74, 6) is 1.02. The number of nitrogens with one attached hydrogen (secondary N) is 1. The lowest BCUT2D eigenvalue weighted by atomic mass is 10.0. The molecule has 1 aliphatic rings. The van der Waals surface area contributed by atoms with Gasteiger partial charge in [0.15, 0.2) is 0 Å². The number of likely N-dealkylation sites (N-methyl/N-ethyl adjacent to an activating group) is 1. The molecule has 2 aromatic rings. The molecule has 1 unspecified atom stereocenters. The maximum absolute atomic E-state index is 5.70. The van der Waals surface area contributed by atoms with Crippen LogP contribution in [0, 0.1) is 0 Å². The number of fused-ring (bicyclic) bond motifs is 1. The summed E-state index contributed by atoms with van der Waals surface area (Å²) in [5.41, 5.74) is 3.01. The van der Waals surface area contributed by atoms with E-state index in [0.717, 1.165) is 36.4 Å². The van der Waals surface area contributed by atoms with Gasteiger partial charge in [0.05, 0.1) is 23.7 Å². The first-order chi connectivity index (χ1) is 9.38. The van der Waals surface area contributed by atoms with Crippen molar-refractivity contribution in [3.63, 3.8) is 0 Å². The molecule has 1 atom stereocenters. The third-order valence-electron chi connectivity index (χ3n) is 3.25. The van der Waals surface area contributed by atoms with Crippen LogP contribution in [-0.2, 0) is 4.74 Å². The van der Waals surface area contributed by atoms with Crippen LogP contribution >= 0.6 is 0 Å². The van der Waals surface area contributed by atoms with Crippen molar-refractivity contribution >= 4 is 11.0 Å². The number of hydrogen-bond donors (Lipinski definition) is 1. The predicted octanol–water partition coefficient (Wildman–Crippen LogP) is 2.58. The van der Waals surface area contributed by atoms with Gasteiger partial charge in [-0.15, -0.1) is 0 Å². The van der Waals surface area contributed by atoms with Crippen LogP contribution in [0.2, 0.25) is 0 Å². The summed E-state index contributed by atoms with van der Waals surface area (Å²) in [6.07, 6.45) is 6.59. The minimum absolute atomic E-state index is 0.110. The van der Waals surface area contributed by atoms with E-state index >= 15 is 0 Å². The van der Waals surface area contributed by atoms with Crippen molar-refractivity contribution in [1.29, 1.82) is 0 Å². The van der Waals surface area contributed by atoms with Gasteiger partial charge < -0.3 is 10.1 Å². The van der Waals surface area contributed by atoms with Gasteiger partial charge in [0, 0.05) is 18.8 Å². The molecule has 0 bridgehead atoms. The summed E-state index contributed by atoms with van der Waals surface area (Å²) in [6.45, 7) is 3.78. The Kier molecular flexibility index (Phi) is 3.42. The van der Waals surface area contributed by atoms with Crippen LogP contribution in [-0.4, -0.2) is 23.1 Å². The Morgan fingerprint density at radius 1 is 1.26 bits per heavy atom. The molecule has 0 fully saturated rings. The third-order valence-corrected chi connectivity index (χ3v) is 3.25. The largest absolute Gasteiger partial charge is 0.496 e. The van der Waals surface area contributed by atoms with Gasteiger partial charge in [0.2, 0.25) is 0 Å². The molecule has 98 valence electrons. The van der Waals surface area contributed by atoms with E-state index in [1.54, 1.807) is 12.4 Å². The number of benzene rings is 1. The van der Waals surface area contributed by atoms with Crippen molar-refractivity contribution in [2.75, 3.05) is 13.2 Å². The Labute approximate surface area is 112 Å². The maximum atomic E-state index is 5.70. The van der Waals surface area contributed by atoms with Gasteiger partial charge in [0.1, 0.15) is 5.76 Å². The lowest BCUT2D eigenvalue weighted by Gasteiger charge is -2.19. The molecule has 0 aliphatic carbocycles. The number of nitrogens with zero attached hydrogens (tertiary/aromatic N) is 2. The molecule has 1 aromatic carbocycles. The summed E-state index contributed by atoms with van der Waals surface area (Å²) in [4.78, 5) is 8.66. The molecule has 1 N–H and O–H groups in total. The van der Waals surface area contributed by atoms with Crippen molar-refractivity contribution in [2.24, 2.45) is 0 Å². The summed E-state index contributed by atoms with van der Waals surface area (Å²) in [5, 5.41) is 3.46. The first kappa shape index (κ1) is 12.1. The summed E-state index contributed by atoms with van der Waals surface area (Å²) in [7, 11) is 0. The van der Waals surface area contributed by atoms with Crippen LogP contribution in [0.3, 0.4) is 0 Å². The predicted molar refractivity (Wildman–Crippen MR) is 74.6 cm³/mol. The topological polar surface area (TPSA) is 47.0 Å². The molecule has 0 saturated carbocycles. The zero-order valence-corrected chi connectivity index (χ0v) is 11.0. The molecule has 3 rings (SSSR count). The van der Waals surface area contributed by atoms with Crippen LogP contribution in [0.5, 0.6) is 0 Å². The van der Waals surface area contributed by atoms with E-state index < -0.39 is 0 Å². The van der Waals surface area contributed by atoms with Crippen LogP contribution in [0.1, 0.15) is 24.9 Å². The van der Waals surface area contributed by atoms with E-state index in [-0.39, 0.29) is 6.04 Å². The van der Waals surface area contributed by atoms with Gasteiger partial charge in [-0.3, -0.25) is 9.97 Å². The Morgan fingerprint density at radius 2 is 2.11 bits per heavy atom. The van der Waals surface area contributed by atoms with Crippen molar-refractivity contribution in [1.82, 2.24) is 15.3 Å². The Hall–Kier alpha value is -1.94. The van der Waals surface area contributed by atoms with Gasteiger partial charge in [0.25, 0.3) is 0 Å². The van der Waals surface area contributed by atoms with E-state index in [0.29, 0.717) is 0 Å². The maximum Gasteiger partial charge on any atom is 0.114 e. The SMILES string of the molecule is CCNC(C1=CCCO1)c1ccc2nccnc2c1. The molecular formula is C15H17N3O. The quantitative estimate of drug-likeness (QED) is 0.912. The van der Waals surface area contributed by atoms with Crippen LogP contribution < -0.4 is 5.32 Å². The number of rotatable bonds is 4. The lowest BCUT2D eigenvalue weighted by Crippen LogP contribution is -2.23. The number of hydrogen-bond acceptors (Lipinski definition) is 4. The Morgan fingerprint density at radius 3 is 2.84 bits per heavy atom. The molecule has 4 nitrogen and oxygen atoms in total. The minimum atomic E-state index is 0.110. The summed E-state index contributed by atoms with van der Waals surface area (Å²) < 4.78 is 5.70. The van der Waals surface area contributed by atoms with Crippen LogP contribution in [0.25, 0.3) is 11.0 Å². The fourth-order valence-electron chi connectivity index (χ4n) is 2.38. The number of ether oxygens (including phenoxy) is 1. The highest BCUT2D eigenvalue weighted by atomic mass is 16.5. The monoisotopic (exact) mass is 255 g/mol. The van der Waals surface area contributed by atoms with E-state index in [9.17, 15) is 0 Å².